The van der Waals surface area contributed by atoms with Gasteiger partial charge in [-0.25, -0.2) is 0 Å². The molecule has 0 amide bonds. The van der Waals surface area contributed by atoms with Crippen LogP contribution in [0, 0.1) is 0 Å². The number of aromatic hydroxyl groups is 9. The van der Waals surface area contributed by atoms with Crippen LogP contribution in [0.1, 0.15) is 48.3 Å². The van der Waals surface area contributed by atoms with E-state index in [-0.39, 0.29) is 29.9 Å². The second kappa shape index (κ2) is 7.77. The lowest BCUT2D eigenvalue weighted by Crippen LogP contribution is -2.33. The molecule has 9 nitrogen and oxygen atoms in total. The Kier molecular flexibility index (Phi) is 5.20. The quantitative estimate of drug-likeness (QED) is 0.265. The van der Waals surface area contributed by atoms with Crippen LogP contribution in [-0.4, -0.2) is 46.0 Å². The van der Waals surface area contributed by atoms with Crippen LogP contribution in [0.4, 0.5) is 0 Å². The van der Waals surface area contributed by atoms with Crippen molar-refractivity contribution in [3.63, 3.8) is 0 Å². The molecule has 0 unspecified atom stereocenters. The zero-order valence-corrected chi connectivity index (χ0v) is 17.4. The molecule has 0 saturated heterocycles. The molecule has 9 N–H and O–H groups in total. The van der Waals surface area contributed by atoms with Crippen LogP contribution in [0.5, 0.6) is 51.7 Å². The summed E-state index contributed by atoms with van der Waals surface area (Å²) in [4.78, 5) is 0. The zero-order valence-electron chi connectivity index (χ0n) is 17.4. The fourth-order valence-electron chi connectivity index (χ4n) is 4.93. The molecule has 3 aromatic carbocycles. The molecule has 0 atom stereocenters. The monoisotopic (exact) mass is 456 g/mol. The Bertz CT molecular complexity index is 1170. The Morgan fingerprint density at radius 3 is 1.33 bits per heavy atom. The van der Waals surface area contributed by atoms with Gasteiger partial charge in [0.1, 0.15) is 0 Å². The van der Waals surface area contributed by atoms with Crippen LogP contribution in [0.2, 0.25) is 0 Å². The minimum atomic E-state index is -1.13. The molecule has 0 aliphatic heterocycles. The first kappa shape index (κ1) is 22.1. The van der Waals surface area contributed by atoms with Crippen LogP contribution < -0.4 is 0 Å². The first-order valence-electron chi connectivity index (χ1n) is 10.3. The van der Waals surface area contributed by atoms with Gasteiger partial charge in [-0.3, -0.25) is 0 Å². The molecule has 0 spiro atoms. The summed E-state index contributed by atoms with van der Waals surface area (Å²) < 4.78 is 0. The molecule has 0 bridgehead atoms. The average Bonchev–Trinajstić information content (AvgIpc) is 2.80. The summed E-state index contributed by atoms with van der Waals surface area (Å²) in [5.74, 6) is -5.40. The highest BCUT2D eigenvalue weighted by Gasteiger charge is 2.44. The van der Waals surface area contributed by atoms with Crippen LogP contribution in [0.3, 0.4) is 0 Å². The van der Waals surface area contributed by atoms with Gasteiger partial charge in [0.05, 0.1) is 0 Å². The lowest BCUT2D eigenvalue weighted by Gasteiger charge is -2.42. The van der Waals surface area contributed by atoms with E-state index in [1.807, 2.05) is 0 Å². The molecule has 1 saturated carbocycles. The molecular formula is C24H24O9. The molecule has 9 heteroatoms. The summed E-state index contributed by atoms with van der Waals surface area (Å²) in [5, 5.41) is 91.0. The van der Waals surface area contributed by atoms with Gasteiger partial charge in [0.2, 0.25) is 17.2 Å². The van der Waals surface area contributed by atoms with Crippen LogP contribution in [0.25, 0.3) is 0 Å². The van der Waals surface area contributed by atoms with Gasteiger partial charge in [-0.15, -0.1) is 0 Å². The van der Waals surface area contributed by atoms with Crippen LogP contribution >= 0.6 is 0 Å². The summed E-state index contributed by atoms with van der Waals surface area (Å²) in [6.45, 7) is 0. The molecule has 1 fully saturated rings. The highest BCUT2D eigenvalue weighted by molar-refractivity contribution is 5.63. The zero-order chi connectivity index (χ0) is 24.1. The van der Waals surface area contributed by atoms with Gasteiger partial charge in [0.15, 0.2) is 34.5 Å². The van der Waals surface area contributed by atoms with E-state index in [0.29, 0.717) is 18.4 Å². The lowest BCUT2D eigenvalue weighted by atomic mass is 9.61. The topological polar surface area (TPSA) is 182 Å². The van der Waals surface area contributed by atoms with Crippen molar-refractivity contribution in [2.24, 2.45) is 0 Å². The summed E-state index contributed by atoms with van der Waals surface area (Å²) in [6, 6.07) is 8.03. The van der Waals surface area contributed by atoms with Gasteiger partial charge in [-0.2, -0.15) is 0 Å². The van der Waals surface area contributed by atoms with E-state index in [9.17, 15) is 46.0 Å². The van der Waals surface area contributed by atoms with Crippen molar-refractivity contribution in [2.75, 3.05) is 0 Å². The largest absolute Gasteiger partial charge is 0.504 e. The third-order valence-corrected chi connectivity index (χ3v) is 6.73. The highest BCUT2D eigenvalue weighted by Crippen LogP contribution is 2.58. The maximum absolute atomic E-state index is 10.7. The number of hydrogen-bond acceptors (Lipinski definition) is 9. The van der Waals surface area contributed by atoms with Gasteiger partial charge < -0.3 is 46.0 Å². The number of benzene rings is 3. The third-order valence-electron chi connectivity index (χ3n) is 6.73. The molecule has 33 heavy (non-hydrogen) atoms. The van der Waals surface area contributed by atoms with E-state index in [1.165, 1.54) is 36.4 Å². The van der Waals surface area contributed by atoms with Gasteiger partial charge in [-0.1, -0.05) is 18.2 Å². The summed E-state index contributed by atoms with van der Waals surface area (Å²) >= 11 is 0. The van der Waals surface area contributed by atoms with Gasteiger partial charge in [0, 0.05) is 22.1 Å². The maximum Gasteiger partial charge on any atom is 0.200 e. The summed E-state index contributed by atoms with van der Waals surface area (Å²) in [6.07, 6.45) is 1.29. The molecule has 1 aliphatic carbocycles. The van der Waals surface area contributed by atoms with E-state index in [1.54, 1.807) is 0 Å². The van der Waals surface area contributed by atoms with Crippen molar-refractivity contribution < 1.29 is 46.0 Å². The Morgan fingerprint density at radius 2 is 0.879 bits per heavy atom. The van der Waals surface area contributed by atoms with Gasteiger partial charge in [0.25, 0.3) is 0 Å². The second-order valence-electron chi connectivity index (χ2n) is 8.39. The smallest absolute Gasteiger partial charge is 0.200 e. The highest BCUT2D eigenvalue weighted by atomic mass is 16.3. The minimum Gasteiger partial charge on any atom is -0.504 e. The number of phenols is 9. The number of phenolic OH excluding ortho intramolecular Hbond substituents is 9. The Balaban J connectivity index is 1.83. The first-order chi connectivity index (χ1) is 15.6. The SMILES string of the molecule is Oc1ccc(C2CCC(c3ccc(O)c(O)c3O)(c3ccc(O)c(O)c3O)CC2)c(O)c1O. The molecule has 1 aliphatic rings. The van der Waals surface area contributed by atoms with E-state index in [2.05, 4.69) is 0 Å². The lowest BCUT2D eigenvalue weighted by molar-refractivity contribution is 0.281. The molecule has 0 heterocycles. The van der Waals surface area contributed by atoms with Gasteiger partial charge >= 0.3 is 0 Å². The fraction of sp³-hybridized carbons (Fsp3) is 0.250. The van der Waals surface area contributed by atoms with Crippen molar-refractivity contribution in [1.29, 1.82) is 0 Å². The average molecular weight is 456 g/mol. The Morgan fingerprint density at radius 1 is 0.485 bits per heavy atom. The number of rotatable bonds is 3. The molecule has 4 rings (SSSR count). The Labute approximate surface area is 188 Å². The maximum atomic E-state index is 10.7. The molecule has 174 valence electrons. The Hall–Kier alpha value is -4.14. The summed E-state index contributed by atoms with van der Waals surface area (Å²) in [5.41, 5.74) is -0.298. The fourth-order valence-corrected chi connectivity index (χ4v) is 4.93. The normalized spacial score (nSPS) is 16.0. The van der Waals surface area contributed by atoms with Crippen molar-refractivity contribution in [1.82, 2.24) is 0 Å². The van der Waals surface area contributed by atoms with Gasteiger partial charge in [-0.05, 0) is 49.8 Å². The molecule has 0 aromatic heterocycles. The predicted octanol–water partition coefficient (Wildman–Crippen LogP) is 3.68. The second-order valence-corrected chi connectivity index (χ2v) is 8.39. The number of hydrogen-bond donors (Lipinski definition) is 9. The van der Waals surface area contributed by atoms with Crippen molar-refractivity contribution >= 4 is 0 Å². The first-order valence-corrected chi connectivity index (χ1v) is 10.3. The molecular weight excluding hydrogens is 432 g/mol. The van der Waals surface area contributed by atoms with E-state index < -0.39 is 57.2 Å². The van der Waals surface area contributed by atoms with Crippen molar-refractivity contribution in [3.8, 4) is 51.7 Å². The third kappa shape index (κ3) is 3.32. The van der Waals surface area contributed by atoms with E-state index >= 15 is 0 Å². The standard InChI is InChI=1S/C24H24O9/c25-15-4-1-12(18(28)21(15)31)11-7-9-24(10-8-11,13-2-5-16(26)22(32)19(13)29)14-3-6-17(27)23(33)20(14)30/h1-6,11,25-33H,7-10H2. The van der Waals surface area contributed by atoms with Crippen molar-refractivity contribution in [3.05, 3.63) is 53.1 Å². The summed E-state index contributed by atoms with van der Waals surface area (Å²) in [7, 11) is 0. The van der Waals surface area contributed by atoms with E-state index in [0.717, 1.165) is 0 Å². The minimum absolute atomic E-state index is 0.203. The van der Waals surface area contributed by atoms with Crippen LogP contribution in [0.15, 0.2) is 36.4 Å². The molecule has 0 radical (unpaired) electrons. The van der Waals surface area contributed by atoms with E-state index in [4.69, 9.17) is 0 Å². The predicted molar refractivity (Wildman–Crippen MR) is 116 cm³/mol. The molecule has 3 aromatic rings. The van der Waals surface area contributed by atoms with Crippen LogP contribution in [-0.2, 0) is 5.41 Å². The van der Waals surface area contributed by atoms with Crippen molar-refractivity contribution in [2.45, 2.75) is 37.0 Å².